The molecule has 2 saturated heterocycles. The number of benzene rings is 1. The maximum Gasteiger partial charge on any atom is 0.254 e. The van der Waals surface area contributed by atoms with E-state index >= 15 is 0 Å². The van der Waals surface area contributed by atoms with Gasteiger partial charge in [0.05, 0.1) is 19.8 Å². The highest BCUT2D eigenvalue weighted by atomic mass is 32.2. The van der Waals surface area contributed by atoms with E-state index in [4.69, 9.17) is 9.47 Å². The van der Waals surface area contributed by atoms with E-state index in [9.17, 15) is 4.79 Å². The molecule has 1 aromatic carbocycles. The number of amides is 1. The molecule has 140 valence electrons. The normalized spacial score (nSPS) is 29.0. The summed E-state index contributed by atoms with van der Waals surface area (Å²) in [5, 5.41) is 0. The number of carbonyl (C=O) groups is 1. The number of fused-ring (bicyclic) bond motifs is 1. The molecule has 0 N–H and O–H groups in total. The van der Waals surface area contributed by atoms with Gasteiger partial charge in [-0.05, 0) is 56.2 Å². The van der Waals surface area contributed by atoms with Crippen LogP contribution in [0.1, 0.15) is 36.0 Å². The van der Waals surface area contributed by atoms with Gasteiger partial charge in [0.1, 0.15) is 0 Å². The van der Waals surface area contributed by atoms with Crippen molar-refractivity contribution in [3.05, 3.63) is 41.5 Å². The van der Waals surface area contributed by atoms with Gasteiger partial charge in [-0.15, -0.1) is 11.8 Å². The first-order chi connectivity index (χ1) is 12.7. The van der Waals surface area contributed by atoms with Crippen LogP contribution < -0.4 is 0 Å². The van der Waals surface area contributed by atoms with E-state index in [0.29, 0.717) is 6.61 Å². The Kier molecular flexibility index (Phi) is 5.39. The van der Waals surface area contributed by atoms with E-state index in [1.807, 2.05) is 24.3 Å². The van der Waals surface area contributed by atoms with Crippen LogP contribution in [0.4, 0.5) is 0 Å². The summed E-state index contributed by atoms with van der Waals surface area (Å²) in [4.78, 5) is 16.6. The first-order valence-electron chi connectivity index (χ1n) is 9.55. The molecule has 1 aromatic rings. The van der Waals surface area contributed by atoms with Crippen molar-refractivity contribution in [3.63, 3.8) is 0 Å². The van der Waals surface area contributed by atoms with Gasteiger partial charge in [-0.1, -0.05) is 11.6 Å². The first kappa shape index (κ1) is 18.1. The van der Waals surface area contributed by atoms with Crippen LogP contribution >= 0.6 is 11.8 Å². The van der Waals surface area contributed by atoms with Crippen molar-refractivity contribution in [2.24, 2.45) is 5.41 Å². The Labute approximate surface area is 159 Å². The molecule has 2 fully saturated rings. The van der Waals surface area contributed by atoms with Crippen LogP contribution in [0.15, 0.2) is 40.8 Å². The predicted octanol–water partition coefficient (Wildman–Crippen LogP) is 3.77. The Bertz CT molecular complexity index is 683. The lowest BCUT2D eigenvalue weighted by Crippen LogP contribution is -2.59. The van der Waals surface area contributed by atoms with Gasteiger partial charge in [0.25, 0.3) is 5.91 Å². The first-order valence-corrected chi connectivity index (χ1v) is 10.8. The molecule has 4 rings (SSSR count). The van der Waals surface area contributed by atoms with Gasteiger partial charge >= 0.3 is 0 Å². The minimum absolute atomic E-state index is 0.0187. The fourth-order valence-electron chi connectivity index (χ4n) is 4.82. The minimum Gasteiger partial charge on any atom is -0.380 e. The fourth-order valence-corrected chi connectivity index (χ4v) is 5.23. The highest BCUT2D eigenvalue weighted by Gasteiger charge is 2.50. The predicted molar refractivity (Wildman–Crippen MR) is 104 cm³/mol. The summed E-state index contributed by atoms with van der Waals surface area (Å²) in [7, 11) is 0. The second-order valence-electron chi connectivity index (χ2n) is 7.40. The number of piperidine rings is 1. The molecule has 5 heteroatoms. The number of rotatable bonds is 3. The summed E-state index contributed by atoms with van der Waals surface area (Å²) >= 11 is 1.70. The van der Waals surface area contributed by atoms with Gasteiger partial charge in [-0.25, -0.2) is 0 Å². The summed E-state index contributed by atoms with van der Waals surface area (Å²) in [6.45, 7) is 3.79. The Morgan fingerprint density at radius 2 is 2.08 bits per heavy atom. The number of hydrogen-bond donors (Lipinski definition) is 0. The van der Waals surface area contributed by atoms with Crippen LogP contribution in [0.5, 0.6) is 0 Å². The summed E-state index contributed by atoms with van der Waals surface area (Å²) in [6.07, 6.45) is 8.33. The van der Waals surface area contributed by atoms with Crippen LogP contribution in [0.25, 0.3) is 0 Å². The topological polar surface area (TPSA) is 38.8 Å². The monoisotopic (exact) mass is 373 g/mol. The second-order valence-corrected chi connectivity index (χ2v) is 8.28. The molecule has 0 aromatic heterocycles. The van der Waals surface area contributed by atoms with Crippen molar-refractivity contribution >= 4 is 17.7 Å². The Hall–Kier alpha value is -1.30. The van der Waals surface area contributed by atoms with Crippen LogP contribution in [-0.4, -0.2) is 56.1 Å². The average molecular weight is 374 g/mol. The van der Waals surface area contributed by atoms with E-state index < -0.39 is 0 Å². The summed E-state index contributed by atoms with van der Waals surface area (Å²) < 4.78 is 11.5. The molecule has 0 unspecified atom stereocenters. The van der Waals surface area contributed by atoms with Gasteiger partial charge in [0, 0.05) is 35.1 Å². The van der Waals surface area contributed by atoms with Gasteiger partial charge in [-0.2, -0.15) is 0 Å². The molecular formula is C21H27NO3S. The van der Waals surface area contributed by atoms with Crippen LogP contribution in [-0.2, 0) is 9.47 Å². The van der Waals surface area contributed by atoms with Crippen molar-refractivity contribution in [2.75, 3.05) is 39.2 Å². The van der Waals surface area contributed by atoms with E-state index in [2.05, 4.69) is 17.2 Å². The lowest BCUT2D eigenvalue weighted by Gasteiger charge is -2.54. The van der Waals surface area contributed by atoms with E-state index in [1.54, 1.807) is 11.8 Å². The zero-order valence-corrected chi connectivity index (χ0v) is 16.2. The maximum absolute atomic E-state index is 13.3. The summed E-state index contributed by atoms with van der Waals surface area (Å²) in [6, 6.07) is 8.26. The number of thioether (sulfide) groups is 1. The zero-order chi connectivity index (χ0) is 18.0. The summed E-state index contributed by atoms with van der Waals surface area (Å²) in [5.74, 6) is 0.168. The quantitative estimate of drug-likeness (QED) is 0.597. The average Bonchev–Trinajstić information content (AvgIpc) is 2.73. The number of likely N-dealkylation sites (tertiary alicyclic amines) is 1. The largest absolute Gasteiger partial charge is 0.380 e. The lowest BCUT2D eigenvalue weighted by atomic mass is 9.65. The molecule has 0 radical (unpaired) electrons. The van der Waals surface area contributed by atoms with Crippen molar-refractivity contribution < 1.29 is 14.3 Å². The molecule has 0 spiro atoms. The van der Waals surface area contributed by atoms with Gasteiger partial charge in [0.2, 0.25) is 0 Å². The van der Waals surface area contributed by atoms with Crippen molar-refractivity contribution in [1.82, 2.24) is 4.90 Å². The van der Waals surface area contributed by atoms with Gasteiger partial charge in [0.15, 0.2) is 0 Å². The number of hydrogen-bond acceptors (Lipinski definition) is 4. The fraction of sp³-hybridized carbons (Fsp3) is 0.571. The van der Waals surface area contributed by atoms with Crippen molar-refractivity contribution in [1.29, 1.82) is 0 Å². The zero-order valence-electron chi connectivity index (χ0n) is 15.4. The van der Waals surface area contributed by atoms with E-state index in [0.717, 1.165) is 57.6 Å². The van der Waals surface area contributed by atoms with Gasteiger partial charge < -0.3 is 14.4 Å². The SMILES string of the molecule is CSc1ccc(C(=O)N2CCC[C@@]3(C4=CCOCC4)COCC[C@H]23)cc1. The molecule has 26 heavy (non-hydrogen) atoms. The lowest BCUT2D eigenvalue weighted by molar-refractivity contribution is -0.0739. The Morgan fingerprint density at radius 1 is 1.23 bits per heavy atom. The maximum atomic E-state index is 13.3. The van der Waals surface area contributed by atoms with Gasteiger partial charge in [-0.3, -0.25) is 4.79 Å². The number of ether oxygens (including phenoxy) is 2. The molecule has 3 aliphatic heterocycles. The molecular weight excluding hydrogens is 346 g/mol. The Morgan fingerprint density at radius 3 is 2.81 bits per heavy atom. The van der Waals surface area contributed by atoms with Crippen LogP contribution in [0, 0.1) is 5.41 Å². The third-order valence-electron chi connectivity index (χ3n) is 6.13. The van der Waals surface area contributed by atoms with Crippen LogP contribution in [0.2, 0.25) is 0 Å². The van der Waals surface area contributed by atoms with E-state index in [-0.39, 0.29) is 17.4 Å². The standard InChI is InChI=1S/C21H27NO3S/c1-26-18-5-3-16(4-6-18)20(23)22-11-2-10-21(15-25-14-9-19(21)22)17-7-12-24-13-8-17/h3-7,19H,2,8-15H2,1H3/t19-,21-/m0/s1. The molecule has 0 saturated carbocycles. The highest BCUT2D eigenvalue weighted by Crippen LogP contribution is 2.48. The summed E-state index contributed by atoms with van der Waals surface area (Å²) in [5.41, 5.74) is 2.23. The molecule has 0 aliphatic carbocycles. The molecule has 1 amide bonds. The van der Waals surface area contributed by atoms with E-state index in [1.165, 1.54) is 10.5 Å². The number of carbonyl (C=O) groups excluding carboxylic acids is 1. The molecule has 3 aliphatic rings. The Balaban J connectivity index is 1.63. The second kappa shape index (κ2) is 7.75. The minimum atomic E-state index is -0.0187. The number of nitrogens with zero attached hydrogens (tertiary/aromatic N) is 1. The molecule has 3 heterocycles. The van der Waals surface area contributed by atoms with Crippen LogP contribution in [0.3, 0.4) is 0 Å². The van der Waals surface area contributed by atoms with Crippen molar-refractivity contribution in [3.8, 4) is 0 Å². The highest BCUT2D eigenvalue weighted by molar-refractivity contribution is 7.98. The third kappa shape index (κ3) is 3.21. The molecule has 0 bridgehead atoms. The third-order valence-corrected chi connectivity index (χ3v) is 6.88. The van der Waals surface area contributed by atoms with Crippen molar-refractivity contribution in [2.45, 2.75) is 36.6 Å². The molecule has 4 nitrogen and oxygen atoms in total. The molecule has 2 atom stereocenters. The smallest absolute Gasteiger partial charge is 0.254 e.